The molecule has 12 heteroatoms. The van der Waals surface area contributed by atoms with Crippen LogP contribution in [0.5, 0.6) is 0 Å². The quantitative estimate of drug-likeness (QED) is 0.121. The highest BCUT2D eigenvalue weighted by Gasteiger charge is 2.06. The zero-order valence-electron chi connectivity index (χ0n) is 20.8. The summed E-state index contributed by atoms with van der Waals surface area (Å²) in [6.07, 6.45) is 5.04. The van der Waals surface area contributed by atoms with E-state index in [0.29, 0.717) is 35.3 Å². The second-order valence-electron chi connectivity index (χ2n) is 7.92. The number of halogens is 4. The number of hydrogen-bond acceptors (Lipinski definition) is 8. The van der Waals surface area contributed by atoms with Crippen LogP contribution in [0.3, 0.4) is 0 Å². The number of anilines is 4. The van der Waals surface area contributed by atoms with Gasteiger partial charge >= 0.3 is 0 Å². The molecule has 0 aliphatic rings. The second kappa shape index (κ2) is 16.9. The van der Waals surface area contributed by atoms with Crippen LogP contribution in [-0.4, -0.2) is 72.1 Å². The molecule has 0 unspecified atom stereocenters. The van der Waals surface area contributed by atoms with E-state index in [4.69, 9.17) is 46.4 Å². The van der Waals surface area contributed by atoms with E-state index in [1.165, 1.54) is 0 Å². The SMILES string of the molecule is ClCCN(CCCl)c1ccc(/C=N\Nc2ccnc(N/N=C/c3ccc(N(CCCl)CCCl)cc3)n2)cc1. The van der Waals surface area contributed by atoms with Gasteiger partial charge in [-0.3, -0.25) is 5.43 Å². The maximum atomic E-state index is 5.89. The smallest absolute Gasteiger partial charge is 0.245 e. The van der Waals surface area contributed by atoms with E-state index in [1.54, 1.807) is 24.7 Å². The Morgan fingerprint density at radius 2 is 1.08 bits per heavy atom. The van der Waals surface area contributed by atoms with Crippen molar-refractivity contribution in [1.82, 2.24) is 9.97 Å². The molecule has 3 rings (SSSR count). The average Bonchev–Trinajstić information content (AvgIpc) is 2.94. The van der Waals surface area contributed by atoms with E-state index in [9.17, 15) is 0 Å². The van der Waals surface area contributed by atoms with Gasteiger partial charge in [0.15, 0.2) is 5.82 Å². The number of hydrazone groups is 2. The van der Waals surface area contributed by atoms with Gasteiger partial charge in [-0.05, 0) is 35.4 Å². The third-order valence-electron chi connectivity index (χ3n) is 5.36. The largest absolute Gasteiger partial charge is 0.369 e. The Morgan fingerprint density at radius 1 is 0.632 bits per heavy atom. The lowest BCUT2D eigenvalue weighted by Gasteiger charge is -2.22. The third kappa shape index (κ3) is 9.83. The summed E-state index contributed by atoms with van der Waals surface area (Å²) in [4.78, 5) is 12.8. The Balaban J connectivity index is 1.52. The Bertz CT molecular complexity index is 1040. The minimum absolute atomic E-state index is 0.344. The molecular formula is C26H30Cl4N8. The molecular weight excluding hydrogens is 566 g/mol. The molecule has 8 nitrogen and oxygen atoms in total. The van der Waals surface area contributed by atoms with Gasteiger partial charge in [-0.25, -0.2) is 10.4 Å². The summed E-state index contributed by atoms with van der Waals surface area (Å²) in [6.45, 7) is 2.97. The molecule has 3 aromatic rings. The lowest BCUT2D eigenvalue weighted by molar-refractivity contribution is 0.874. The van der Waals surface area contributed by atoms with Crippen molar-refractivity contribution in [1.29, 1.82) is 0 Å². The molecule has 0 saturated heterocycles. The third-order valence-corrected chi connectivity index (χ3v) is 6.04. The minimum Gasteiger partial charge on any atom is -0.369 e. The Hall–Kier alpha value is -2.78. The molecule has 0 aliphatic heterocycles. The van der Waals surface area contributed by atoms with Crippen molar-refractivity contribution < 1.29 is 0 Å². The van der Waals surface area contributed by atoms with Gasteiger partial charge in [0.25, 0.3) is 0 Å². The lowest BCUT2D eigenvalue weighted by Crippen LogP contribution is -2.27. The fourth-order valence-electron chi connectivity index (χ4n) is 3.50. The molecule has 2 N–H and O–H groups in total. The van der Waals surface area contributed by atoms with Crippen LogP contribution in [0.4, 0.5) is 23.1 Å². The first-order chi connectivity index (χ1) is 18.7. The monoisotopic (exact) mass is 594 g/mol. The molecule has 0 amide bonds. The number of nitrogens with one attached hydrogen (secondary N) is 2. The van der Waals surface area contributed by atoms with Crippen LogP contribution in [-0.2, 0) is 0 Å². The number of alkyl halides is 4. The van der Waals surface area contributed by atoms with E-state index in [2.05, 4.69) is 40.8 Å². The van der Waals surface area contributed by atoms with Gasteiger partial charge in [-0.2, -0.15) is 15.2 Å². The predicted molar refractivity (Wildman–Crippen MR) is 165 cm³/mol. The van der Waals surface area contributed by atoms with E-state index in [1.807, 2.05) is 48.5 Å². The van der Waals surface area contributed by atoms with Crippen LogP contribution in [0.25, 0.3) is 0 Å². The van der Waals surface area contributed by atoms with E-state index >= 15 is 0 Å². The maximum absolute atomic E-state index is 5.89. The van der Waals surface area contributed by atoms with Crippen LogP contribution in [0.15, 0.2) is 71.0 Å². The highest BCUT2D eigenvalue weighted by Crippen LogP contribution is 2.16. The summed E-state index contributed by atoms with van der Waals surface area (Å²) >= 11 is 23.6. The van der Waals surface area contributed by atoms with Gasteiger partial charge in [0.1, 0.15) is 0 Å². The molecule has 202 valence electrons. The molecule has 1 heterocycles. The highest BCUT2D eigenvalue weighted by molar-refractivity contribution is 6.19. The molecule has 38 heavy (non-hydrogen) atoms. The number of benzene rings is 2. The van der Waals surface area contributed by atoms with Crippen LogP contribution < -0.4 is 20.7 Å². The second-order valence-corrected chi connectivity index (χ2v) is 9.43. The summed E-state index contributed by atoms with van der Waals surface area (Å²) in [5.74, 6) is 3.05. The van der Waals surface area contributed by atoms with Crippen LogP contribution in [0.1, 0.15) is 11.1 Å². The van der Waals surface area contributed by atoms with Crippen molar-refractivity contribution in [3.8, 4) is 0 Å². The first-order valence-corrected chi connectivity index (χ1v) is 14.2. The van der Waals surface area contributed by atoms with Gasteiger partial charge in [0.05, 0.1) is 12.4 Å². The molecule has 0 saturated carbocycles. The first-order valence-electron chi connectivity index (χ1n) is 12.0. The van der Waals surface area contributed by atoms with E-state index < -0.39 is 0 Å². The van der Waals surface area contributed by atoms with Crippen molar-refractivity contribution in [3.05, 3.63) is 71.9 Å². The molecule has 1 aromatic heterocycles. The number of aromatic nitrogens is 2. The molecule has 0 fully saturated rings. The zero-order chi connectivity index (χ0) is 27.0. The van der Waals surface area contributed by atoms with E-state index in [-0.39, 0.29) is 0 Å². The van der Waals surface area contributed by atoms with Gasteiger partial charge < -0.3 is 9.80 Å². The van der Waals surface area contributed by atoms with Crippen LogP contribution in [0.2, 0.25) is 0 Å². The molecule has 0 aliphatic carbocycles. The summed E-state index contributed by atoms with van der Waals surface area (Å²) in [5.41, 5.74) is 9.76. The lowest BCUT2D eigenvalue weighted by atomic mass is 10.2. The summed E-state index contributed by atoms with van der Waals surface area (Å²) in [7, 11) is 0. The van der Waals surface area contributed by atoms with Crippen LogP contribution >= 0.6 is 46.4 Å². The van der Waals surface area contributed by atoms with Crippen molar-refractivity contribution >= 4 is 82.0 Å². The molecule has 2 aromatic carbocycles. The maximum Gasteiger partial charge on any atom is 0.245 e. The van der Waals surface area contributed by atoms with Crippen molar-refractivity contribution in [2.45, 2.75) is 0 Å². The molecule has 0 radical (unpaired) electrons. The zero-order valence-corrected chi connectivity index (χ0v) is 23.8. The van der Waals surface area contributed by atoms with Gasteiger partial charge in [0.2, 0.25) is 5.95 Å². The van der Waals surface area contributed by atoms with Gasteiger partial charge in [-0.1, -0.05) is 24.3 Å². The van der Waals surface area contributed by atoms with E-state index in [0.717, 1.165) is 48.7 Å². The van der Waals surface area contributed by atoms with Crippen molar-refractivity contribution in [2.24, 2.45) is 10.2 Å². The molecule has 0 atom stereocenters. The topological polar surface area (TPSA) is 81.0 Å². The normalized spacial score (nSPS) is 11.3. The minimum atomic E-state index is 0.344. The van der Waals surface area contributed by atoms with Gasteiger partial charge in [0, 0.05) is 73.3 Å². The van der Waals surface area contributed by atoms with Gasteiger partial charge in [-0.15, -0.1) is 46.4 Å². The summed E-state index contributed by atoms with van der Waals surface area (Å²) < 4.78 is 0. The predicted octanol–water partition coefficient (Wildman–Crippen LogP) is 5.94. The summed E-state index contributed by atoms with van der Waals surface area (Å²) in [5, 5.41) is 8.50. The first kappa shape index (κ1) is 29.8. The number of rotatable bonds is 16. The van der Waals surface area contributed by atoms with Crippen molar-refractivity contribution in [2.75, 3.05) is 70.4 Å². The summed E-state index contributed by atoms with van der Waals surface area (Å²) in [6, 6.07) is 17.7. The fourth-order valence-corrected chi connectivity index (χ4v) is 4.32. The Morgan fingerprint density at radius 3 is 1.53 bits per heavy atom. The number of nitrogens with zero attached hydrogens (tertiary/aromatic N) is 6. The fraction of sp³-hybridized carbons (Fsp3) is 0.308. The highest BCUT2D eigenvalue weighted by atomic mass is 35.5. The average molecular weight is 596 g/mol. The van der Waals surface area contributed by atoms with Crippen molar-refractivity contribution in [3.63, 3.8) is 0 Å². The number of hydrogen-bond donors (Lipinski definition) is 2. The van der Waals surface area contributed by atoms with Crippen LogP contribution in [0, 0.1) is 0 Å². The Kier molecular flexibility index (Phi) is 13.3. The standard InChI is InChI=1S/C26H30Cl4N8/c27-10-15-37(16-11-28)23-5-1-21(2-6-23)19-32-35-25-9-14-31-26(34-25)36-33-20-22-3-7-24(8-4-22)38(17-12-29)18-13-30/h1-9,14,19-20H,10-13,15-18H2,(H2,31,34,35,36)/b32-19-,33-20+. The Labute approximate surface area is 243 Å². The molecule has 0 spiro atoms. The molecule has 0 bridgehead atoms.